The van der Waals surface area contributed by atoms with Crippen molar-refractivity contribution >= 4 is 0 Å². The van der Waals surface area contributed by atoms with Gasteiger partial charge in [-0.15, -0.1) is 0 Å². The summed E-state index contributed by atoms with van der Waals surface area (Å²) in [5.41, 5.74) is 0.223. The van der Waals surface area contributed by atoms with E-state index in [1.54, 1.807) is 0 Å². The van der Waals surface area contributed by atoms with E-state index in [1.165, 1.54) is 26.4 Å². The highest BCUT2D eigenvalue weighted by molar-refractivity contribution is 5.44. The largest absolute Gasteiger partial charge is 0.493 e. The molecule has 1 aromatic carbocycles. The average Bonchev–Trinajstić information content (AvgIpc) is 2.84. The molecule has 2 rings (SSSR count). The van der Waals surface area contributed by atoms with Gasteiger partial charge in [0.25, 0.3) is 0 Å². The van der Waals surface area contributed by atoms with Crippen LogP contribution in [0.1, 0.15) is 25.0 Å². The standard InChI is InChI=1S/C14H19FO4/c1-8-4-9(7-19-8)14(16)10-5-12(17-2)13(18-3)6-11(10)15/h5-6,8-9,14,16H,4,7H2,1-3H3. The Morgan fingerprint density at radius 3 is 2.47 bits per heavy atom. The predicted molar refractivity (Wildman–Crippen MR) is 68.0 cm³/mol. The zero-order valence-electron chi connectivity index (χ0n) is 11.4. The number of rotatable bonds is 4. The van der Waals surface area contributed by atoms with Gasteiger partial charge in [-0.05, 0) is 19.4 Å². The Hall–Kier alpha value is -1.33. The molecule has 1 heterocycles. The van der Waals surface area contributed by atoms with Crippen LogP contribution < -0.4 is 9.47 Å². The normalized spacial score (nSPS) is 24.3. The summed E-state index contributed by atoms with van der Waals surface area (Å²) < 4.78 is 29.6. The van der Waals surface area contributed by atoms with Crippen LogP contribution in [0.3, 0.4) is 0 Å². The van der Waals surface area contributed by atoms with E-state index in [1.807, 2.05) is 6.92 Å². The molecule has 1 saturated heterocycles. The first-order valence-corrected chi connectivity index (χ1v) is 6.28. The summed E-state index contributed by atoms with van der Waals surface area (Å²) in [6, 6.07) is 2.72. The van der Waals surface area contributed by atoms with Crippen LogP contribution in [0.15, 0.2) is 12.1 Å². The first-order valence-electron chi connectivity index (χ1n) is 6.28. The minimum Gasteiger partial charge on any atom is -0.493 e. The van der Waals surface area contributed by atoms with Gasteiger partial charge in [0.05, 0.1) is 33.0 Å². The van der Waals surface area contributed by atoms with E-state index in [9.17, 15) is 9.50 Å². The third-order valence-electron chi connectivity index (χ3n) is 3.50. The van der Waals surface area contributed by atoms with Crippen LogP contribution in [0.5, 0.6) is 11.5 Å². The van der Waals surface area contributed by atoms with E-state index in [0.29, 0.717) is 18.1 Å². The fraction of sp³-hybridized carbons (Fsp3) is 0.571. The summed E-state index contributed by atoms with van der Waals surface area (Å²) in [5, 5.41) is 10.3. The summed E-state index contributed by atoms with van der Waals surface area (Å²) in [5.74, 6) is 0.129. The molecular formula is C14H19FO4. The van der Waals surface area contributed by atoms with Crippen LogP contribution in [0, 0.1) is 11.7 Å². The van der Waals surface area contributed by atoms with Gasteiger partial charge in [-0.25, -0.2) is 4.39 Å². The maximum atomic E-state index is 14.0. The lowest BCUT2D eigenvalue weighted by molar-refractivity contribution is 0.0782. The summed E-state index contributed by atoms with van der Waals surface area (Å²) in [6.45, 7) is 2.38. The van der Waals surface area contributed by atoms with Crippen molar-refractivity contribution in [3.05, 3.63) is 23.5 Å². The van der Waals surface area contributed by atoms with Crippen LogP contribution in [0.4, 0.5) is 4.39 Å². The fourth-order valence-electron chi connectivity index (χ4n) is 2.42. The van der Waals surface area contributed by atoms with Crippen LogP contribution in [0.25, 0.3) is 0 Å². The molecule has 0 bridgehead atoms. The van der Waals surface area contributed by atoms with Crippen molar-refractivity contribution in [2.75, 3.05) is 20.8 Å². The minimum absolute atomic E-state index is 0.0948. The molecule has 3 unspecified atom stereocenters. The smallest absolute Gasteiger partial charge is 0.163 e. The van der Waals surface area contributed by atoms with Crippen molar-refractivity contribution in [2.45, 2.75) is 25.6 Å². The number of halogens is 1. The molecule has 5 heteroatoms. The lowest BCUT2D eigenvalue weighted by Crippen LogP contribution is -2.14. The summed E-state index contributed by atoms with van der Waals surface area (Å²) in [6.07, 6.45) is -0.0813. The number of methoxy groups -OCH3 is 2. The SMILES string of the molecule is COc1cc(F)c(C(O)C2COC(C)C2)cc1OC. The van der Waals surface area contributed by atoms with Crippen molar-refractivity contribution in [3.8, 4) is 11.5 Å². The third-order valence-corrected chi connectivity index (χ3v) is 3.50. The molecule has 0 aliphatic carbocycles. The molecule has 106 valence electrons. The van der Waals surface area contributed by atoms with Gasteiger partial charge in [-0.2, -0.15) is 0 Å². The van der Waals surface area contributed by atoms with E-state index in [2.05, 4.69) is 0 Å². The van der Waals surface area contributed by atoms with Crippen molar-refractivity contribution in [1.82, 2.24) is 0 Å². The zero-order valence-corrected chi connectivity index (χ0v) is 11.4. The Bertz CT molecular complexity index is 449. The van der Waals surface area contributed by atoms with Gasteiger partial charge in [0, 0.05) is 17.5 Å². The van der Waals surface area contributed by atoms with Gasteiger partial charge in [0.15, 0.2) is 11.5 Å². The van der Waals surface area contributed by atoms with E-state index in [-0.39, 0.29) is 17.6 Å². The zero-order chi connectivity index (χ0) is 14.0. The predicted octanol–water partition coefficient (Wildman–Crippen LogP) is 2.30. The maximum absolute atomic E-state index is 14.0. The third kappa shape index (κ3) is 2.82. The molecule has 0 spiro atoms. The molecule has 0 radical (unpaired) electrons. The topological polar surface area (TPSA) is 47.9 Å². The lowest BCUT2D eigenvalue weighted by atomic mass is 9.93. The number of hydrogen-bond donors (Lipinski definition) is 1. The molecule has 1 aliphatic rings. The molecule has 1 fully saturated rings. The molecule has 1 aliphatic heterocycles. The molecule has 19 heavy (non-hydrogen) atoms. The van der Waals surface area contributed by atoms with Crippen LogP contribution in [0.2, 0.25) is 0 Å². The van der Waals surface area contributed by atoms with E-state index >= 15 is 0 Å². The highest BCUT2D eigenvalue weighted by Gasteiger charge is 2.31. The molecule has 1 N–H and O–H groups in total. The molecule has 0 amide bonds. The van der Waals surface area contributed by atoms with Crippen LogP contribution >= 0.6 is 0 Å². The second-order valence-electron chi connectivity index (χ2n) is 4.81. The van der Waals surface area contributed by atoms with E-state index in [0.717, 1.165) is 6.42 Å². The Morgan fingerprint density at radius 1 is 1.32 bits per heavy atom. The molecule has 0 saturated carbocycles. The first-order chi connectivity index (χ1) is 9.06. The van der Waals surface area contributed by atoms with Crippen molar-refractivity contribution in [3.63, 3.8) is 0 Å². The van der Waals surface area contributed by atoms with Crippen molar-refractivity contribution in [1.29, 1.82) is 0 Å². The van der Waals surface area contributed by atoms with Crippen molar-refractivity contribution in [2.24, 2.45) is 5.92 Å². The summed E-state index contributed by atoms with van der Waals surface area (Å²) in [4.78, 5) is 0. The lowest BCUT2D eigenvalue weighted by Gasteiger charge is -2.19. The second-order valence-corrected chi connectivity index (χ2v) is 4.81. The van der Waals surface area contributed by atoms with Gasteiger partial charge < -0.3 is 19.3 Å². The number of ether oxygens (including phenoxy) is 3. The van der Waals surface area contributed by atoms with Crippen molar-refractivity contribution < 1.29 is 23.7 Å². The number of aliphatic hydroxyl groups is 1. The highest BCUT2D eigenvalue weighted by atomic mass is 19.1. The Kier molecular flexibility index (Phi) is 4.27. The quantitative estimate of drug-likeness (QED) is 0.912. The Labute approximate surface area is 112 Å². The fourth-order valence-corrected chi connectivity index (χ4v) is 2.42. The summed E-state index contributed by atoms with van der Waals surface area (Å²) in [7, 11) is 2.92. The first kappa shape index (κ1) is 14.1. The van der Waals surface area contributed by atoms with Gasteiger partial charge in [-0.3, -0.25) is 0 Å². The van der Waals surface area contributed by atoms with Gasteiger partial charge in [-0.1, -0.05) is 0 Å². The highest BCUT2D eigenvalue weighted by Crippen LogP contribution is 2.37. The van der Waals surface area contributed by atoms with Crippen LogP contribution in [-0.4, -0.2) is 32.0 Å². The molecule has 1 aromatic rings. The maximum Gasteiger partial charge on any atom is 0.163 e. The van der Waals surface area contributed by atoms with E-state index < -0.39 is 11.9 Å². The number of hydrogen-bond acceptors (Lipinski definition) is 4. The number of aliphatic hydroxyl groups excluding tert-OH is 1. The minimum atomic E-state index is -0.898. The Morgan fingerprint density at radius 2 is 1.95 bits per heavy atom. The van der Waals surface area contributed by atoms with Gasteiger partial charge >= 0.3 is 0 Å². The molecular weight excluding hydrogens is 251 g/mol. The number of benzene rings is 1. The molecule has 3 atom stereocenters. The average molecular weight is 270 g/mol. The second kappa shape index (κ2) is 5.75. The van der Waals surface area contributed by atoms with Crippen LogP contribution in [-0.2, 0) is 4.74 Å². The Balaban J connectivity index is 2.28. The van der Waals surface area contributed by atoms with Gasteiger partial charge in [0.1, 0.15) is 5.82 Å². The molecule has 4 nitrogen and oxygen atoms in total. The van der Waals surface area contributed by atoms with E-state index in [4.69, 9.17) is 14.2 Å². The molecule has 0 aromatic heterocycles. The monoisotopic (exact) mass is 270 g/mol. The summed E-state index contributed by atoms with van der Waals surface area (Å²) >= 11 is 0. The van der Waals surface area contributed by atoms with Gasteiger partial charge in [0.2, 0.25) is 0 Å².